The number of rotatable bonds is 2. The first-order chi connectivity index (χ1) is 11.9. The van der Waals surface area contributed by atoms with Crippen molar-refractivity contribution in [3.8, 4) is 0 Å². The molecule has 3 heteroatoms. The highest BCUT2D eigenvalue weighted by Crippen LogP contribution is 2.30. The first-order valence-electron chi connectivity index (χ1n) is 8.92. The van der Waals surface area contributed by atoms with Crippen molar-refractivity contribution in [2.24, 2.45) is 0 Å². The molecule has 0 saturated carbocycles. The van der Waals surface area contributed by atoms with Crippen LogP contribution in [0.15, 0.2) is 48.5 Å². The Morgan fingerprint density at radius 2 is 1.76 bits per heavy atom. The zero-order chi connectivity index (χ0) is 17.6. The molecule has 0 fully saturated rings. The van der Waals surface area contributed by atoms with Gasteiger partial charge in [-0.3, -0.25) is 4.79 Å². The lowest BCUT2D eigenvalue weighted by Gasteiger charge is -2.19. The van der Waals surface area contributed by atoms with Crippen LogP contribution in [0.4, 0.5) is 0 Å². The zero-order valence-electron chi connectivity index (χ0n) is 15.0. The average molecular weight is 332 g/mol. The number of aromatic amines is 1. The van der Waals surface area contributed by atoms with Gasteiger partial charge in [-0.25, -0.2) is 0 Å². The van der Waals surface area contributed by atoms with Gasteiger partial charge in [0.2, 0.25) is 0 Å². The second-order valence-electron chi connectivity index (χ2n) is 8.03. The molecular weight excluding hydrogens is 308 g/mol. The molecule has 3 nitrogen and oxygen atoms in total. The van der Waals surface area contributed by atoms with Crippen molar-refractivity contribution in [2.75, 3.05) is 0 Å². The highest BCUT2D eigenvalue weighted by atomic mass is 16.1. The van der Waals surface area contributed by atoms with Crippen molar-refractivity contribution >= 4 is 16.8 Å². The Morgan fingerprint density at radius 3 is 2.48 bits per heavy atom. The molecule has 1 aliphatic rings. The Balaban J connectivity index is 1.47. The van der Waals surface area contributed by atoms with Crippen molar-refractivity contribution in [1.29, 1.82) is 0 Å². The smallest absolute Gasteiger partial charge is 0.251 e. The molecule has 1 aromatic heterocycles. The monoisotopic (exact) mass is 332 g/mol. The van der Waals surface area contributed by atoms with Gasteiger partial charge in [-0.05, 0) is 41.2 Å². The van der Waals surface area contributed by atoms with Crippen molar-refractivity contribution in [2.45, 2.75) is 45.1 Å². The fraction of sp³-hybridized carbons (Fsp3) is 0.318. The van der Waals surface area contributed by atoms with Crippen LogP contribution in [0, 0.1) is 0 Å². The summed E-state index contributed by atoms with van der Waals surface area (Å²) in [6.45, 7) is 6.54. The van der Waals surface area contributed by atoms with Crippen LogP contribution in [0.3, 0.4) is 0 Å². The maximum absolute atomic E-state index is 12.6. The van der Waals surface area contributed by atoms with Gasteiger partial charge in [0.1, 0.15) is 0 Å². The molecule has 0 bridgehead atoms. The summed E-state index contributed by atoms with van der Waals surface area (Å²) in [5.41, 5.74) is 5.87. The van der Waals surface area contributed by atoms with E-state index in [2.05, 4.69) is 67.5 Å². The van der Waals surface area contributed by atoms with Crippen LogP contribution in [-0.4, -0.2) is 16.9 Å². The van der Waals surface area contributed by atoms with Gasteiger partial charge in [-0.15, -0.1) is 0 Å². The number of hydrogen-bond acceptors (Lipinski definition) is 1. The Hall–Kier alpha value is -2.55. The van der Waals surface area contributed by atoms with Crippen LogP contribution in [-0.2, 0) is 18.3 Å². The minimum atomic E-state index is 0.0138. The largest absolute Gasteiger partial charge is 0.358 e. The van der Waals surface area contributed by atoms with Crippen LogP contribution >= 0.6 is 0 Å². The molecule has 0 radical (unpaired) electrons. The SMILES string of the molecule is CC(C)(C)c1ccc(C(=O)NC2Cc3[nH]c4ccccc4c3C2)cc1. The number of carbonyl (C=O) groups is 1. The van der Waals surface area contributed by atoms with Gasteiger partial charge in [0, 0.05) is 34.6 Å². The van der Waals surface area contributed by atoms with Crippen molar-refractivity contribution < 1.29 is 4.79 Å². The minimum absolute atomic E-state index is 0.0138. The van der Waals surface area contributed by atoms with E-state index in [0.717, 1.165) is 18.4 Å². The summed E-state index contributed by atoms with van der Waals surface area (Å²) in [6, 6.07) is 16.5. The molecule has 1 unspecified atom stereocenters. The van der Waals surface area contributed by atoms with Gasteiger partial charge in [0.05, 0.1) is 0 Å². The van der Waals surface area contributed by atoms with Gasteiger partial charge in [-0.2, -0.15) is 0 Å². The van der Waals surface area contributed by atoms with Gasteiger partial charge in [-0.1, -0.05) is 51.1 Å². The summed E-state index contributed by atoms with van der Waals surface area (Å²) >= 11 is 0. The fourth-order valence-corrected chi connectivity index (χ4v) is 3.72. The molecular formula is C22H24N2O. The van der Waals surface area contributed by atoms with Crippen molar-refractivity contribution in [3.05, 3.63) is 70.9 Å². The Morgan fingerprint density at radius 1 is 1.04 bits per heavy atom. The number of aromatic nitrogens is 1. The third-order valence-corrected chi connectivity index (χ3v) is 5.15. The van der Waals surface area contributed by atoms with Crippen LogP contribution in [0.1, 0.15) is 48.0 Å². The molecule has 0 spiro atoms. The summed E-state index contributed by atoms with van der Waals surface area (Å²) in [5.74, 6) is 0.0138. The Bertz CT molecular complexity index is 929. The third kappa shape index (κ3) is 2.95. The van der Waals surface area contributed by atoms with Gasteiger partial charge in [0.15, 0.2) is 0 Å². The molecule has 128 valence electrons. The number of fused-ring (bicyclic) bond motifs is 3. The molecule has 1 aliphatic carbocycles. The first-order valence-corrected chi connectivity index (χ1v) is 8.92. The molecule has 2 aromatic carbocycles. The van der Waals surface area contributed by atoms with Crippen LogP contribution in [0.2, 0.25) is 0 Å². The normalized spacial score (nSPS) is 16.8. The second kappa shape index (κ2) is 5.76. The van der Waals surface area contributed by atoms with Crippen molar-refractivity contribution in [1.82, 2.24) is 10.3 Å². The number of H-pyrrole nitrogens is 1. The summed E-state index contributed by atoms with van der Waals surface area (Å²) in [4.78, 5) is 16.1. The highest BCUT2D eigenvalue weighted by Gasteiger charge is 2.26. The standard InChI is InChI=1S/C22H24N2O/c1-22(2,3)15-10-8-14(9-11-15)21(25)23-16-12-18-17-6-4-5-7-19(17)24-20(18)13-16/h4-11,16,24H,12-13H2,1-3H3,(H,23,25). The molecule has 25 heavy (non-hydrogen) atoms. The molecule has 0 saturated heterocycles. The predicted octanol–water partition coefficient (Wildman–Crippen LogP) is 4.36. The summed E-state index contributed by atoms with van der Waals surface area (Å²) < 4.78 is 0. The van der Waals surface area contributed by atoms with E-state index < -0.39 is 0 Å². The van der Waals surface area contributed by atoms with Gasteiger partial charge in [0.25, 0.3) is 5.91 Å². The molecule has 1 heterocycles. The Kier molecular flexibility index (Phi) is 3.68. The number of para-hydroxylation sites is 1. The summed E-state index contributed by atoms with van der Waals surface area (Å²) in [6.07, 6.45) is 1.76. The van der Waals surface area contributed by atoms with Crippen LogP contribution in [0.5, 0.6) is 0 Å². The number of carbonyl (C=O) groups excluding carboxylic acids is 1. The Labute approximate surface area is 148 Å². The number of hydrogen-bond donors (Lipinski definition) is 2. The quantitative estimate of drug-likeness (QED) is 0.719. The summed E-state index contributed by atoms with van der Waals surface area (Å²) in [5, 5.41) is 4.47. The molecule has 0 aliphatic heterocycles. The van der Waals surface area contributed by atoms with Crippen LogP contribution < -0.4 is 5.32 Å². The molecule has 4 rings (SSSR count). The number of nitrogens with one attached hydrogen (secondary N) is 2. The summed E-state index contributed by atoms with van der Waals surface area (Å²) in [7, 11) is 0. The van der Waals surface area contributed by atoms with Gasteiger partial charge >= 0.3 is 0 Å². The van der Waals surface area contributed by atoms with E-state index in [1.807, 2.05) is 12.1 Å². The minimum Gasteiger partial charge on any atom is -0.358 e. The van der Waals surface area contributed by atoms with E-state index in [0.29, 0.717) is 0 Å². The molecule has 1 amide bonds. The third-order valence-electron chi connectivity index (χ3n) is 5.15. The van der Waals surface area contributed by atoms with E-state index in [-0.39, 0.29) is 17.4 Å². The first kappa shape index (κ1) is 15.9. The van der Waals surface area contributed by atoms with E-state index in [9.17, 15) is 4.79 Å². The number of benzene rings is 2. The van der Waals surface area contributed by atoms with Gasteiger partial charge < -0.3 is 10.3 Å². The van der Waals surface area contributed by atoms with E-state index in [1.165, 1.54) is 27.7 Å². The lowest BCUT2D eigenvalue weighted by atomic mass is 9.86. The van der Waals surface area contributed by atoms with Crippen molar-refractivity contribution in [3.63, 3.8) is 0 Å². The van der Waals surface area contributed by atoms with E-state index in [1.54, 1.807) is 0 Å². The fourth-order valence-electron chi connectivity index (χ4n) is 3.72. The topological polar surface area (TPSA) is 44.9 Å². The second-order valence-corrected chi connectivity index (χ2v) is 8.03. The molecule has 2 N–H and O–H groups in total. The van der Waals surface area contributed by atoms with E-state index >= 15 is 0 Å². The molecule has 3 aromatic rings. The average Bonchev–Trinajstić information content (AvgIpc) is 3.11. The predicted molar refractivity (Wildman–Crippen MR) is 102 cm³/mol. The number of amides is 1. The van der Waals surface area contributed by atoms with E-state index in [4.69, 9.17) is 0 Å². The van der Waals surface area contributed by atoms with Crippen LogP contribution in [0.25, 0.3) is 10.9 Å². The maximum Gasteiger partial charge on any atom is 0.251 e. The molecule has 1 atom stereocenters. The lowest BCUT2D eigenvalue weighted by Crippen LogP contribution is -2.35. The maximum atomic E-state index is 12.6. The lowest BCUT2D eigenvalue weighted by molar-refractivity contribution is 0.0938. The zero-order valence-corrected chi connectivity index (χ0v) is 15.0. The highest BCUT2D eigenvalue weighted by molar-refractivity contribution is 5.94.